The van der Waals surface area contributed by atoms with E-state index < -0.39 is 0 Å². The Bertz CT molecular complexity index is 650. The number of piperidine rings is 1. The molecule has 0 atom stereocenters. The van der Waals surface area contributed by atoms with Crippen LogP contribution < -0.4 is 10.6 Å². The van der Waals surface area contributed by atoms with Gasteiger partial charge in [-0.1, -0.05) is 18.2 Å². The largest absolute Gasteiger partial charge is 0.338 e. The molecule has 3 amide bonds. The third-order valence-electron chi connectivity index (χ3n) is 3.79. The van der Waals surface area contributed by atoms with Crippen molar-refractivity contribution in [2.24, 2.45) is 0 Å². The number of hydrogen-bond donors (Lipinski definition) is 3. The molecule has 3 rings (SSSR count). The van der Waals surface area contributed by atoms with Crippen LogP contribution in [0.1, 0.15) is 23.2 Å². The van der Waals surface area contributed by atoms with Gasteiger partial charge in [-0.2, -0.15) is 10.3 Å². The summed E-state index contributed by atoms with van der Waals surface area (Å²) in [5.41, 5.74) is 0.697. The van der Waals surface area contributed by atoms with Crippen LogP contribution in [0.25, 0.3) is 0 Å². The maximum Gasteiger partial charge on any atom is 0.320 e. The van der Waals surface area contributed by atoms with Crippen LogP contribution in [0, 0.1) is 0 Å². The van der Waals surface area contributed by atoms with Gasteiger partial charge in [0.2, 0.25) is 0 Å². The predicted molar refractivity (Wildman–Crippen MR) is 83.9 cm³/mol. The summed E-state index contributed by atoms with van der Waals surface area (Å²) in [6, 6.07) is 8.97. The average Bonchev–Trinajstić information content (AvgIpc) is 3.08. The molecule has 8 heteroatoms. The molecule has 3 N–H and O–H groups in total. The Morgan fingerprint density at radius 1 is 1.17 bits per heavy atom. The van der Waals surface area contributed by atoms with E-state index in [1.807, 2.05) is 35.2 Å². The van der Waals surface area contributed by atoms with Crippen LogP contribution in [-0.2, 0) is 0 Å². The highest BCUT2D eigenvalue weighted by molar-refractivity contribution is 5.94. The number of H-pyrrole nitrogens is 1. The van der Waals surface area contributed by atoms with Crippen molar-refractivity contribution in [2.75, 3.05) is 18.4 Å². The van der Waals surface area contributed by atoms with Crippen molar-refractivity contribution in [1.82, 2.24) is 25.6 Å². The molecule has 0 bridgehead atoms. The molecule has 1 saturated heterocycles. The fraction of sp³-hybridized carbons (Fsp3) is 0.333. The molecule has 1 aliphatic rings. The van der Waals surface area contributed by atoms with Gasteiger partial charge < -0.3 is 10.2 Å². The maximum absolute atomic E-state index is 12.3. The summed E-state index contributed by atoms with van der Waals surface area (Å²) in [6.45, 7) is 1.26. The second-order valence-electron chi connectivity index (χ2n) is 5.39. The van der Waals surface area contributed by atoms with E-state index in [1.165, 1.54) is 6.20 Å². The number of nitrogens with zero attached hydrogens (tertiary/aromatic N) is 3. The number of carbonyl (C=O) groups excluding carboxylic acids is 2. The molecule has 0 aliphatic carbocycles. The van der Waals surface area contributed by atoms with Crippen molar-refractivity contribution >= 4 is 17.8 Å². The van der Waals surface area contributed by atoms with Gasteiger partial charge in [-0.3, -0.25) is 10.1 Å². The molecule has 23 heavy (non-hydrogen) atoms. The summed E-state index contributed by atoms with van der Waals surface area (Å²) >= 11 is 0. The Kier molecular flexibility index (Phi) is 4.51. The molecule has 2 aromatic rings. The predicted octanol–water partition coefficient (Wildman–Crippen LogP) is 1.23. The van der Waals surface area contributed by atoms with Crippen LogP contribution in [0.3, 0.4) is 0 Å². The van der Waals surface area contributed by atoms with Gasteiger partial charge in [-0.05, 0) is 25.0 Å². The lowest BCUT2D eigenvalue weighted by Gasteiger charge is -2.32. The van der Waals surface area contributed by atoms with E-state index in [0.29, 0.717) is 24.5 Å². The van der Waals surface area contributed by atoms with Crippen molar-refractivity contribution in [1.29, 1.82) is 0 Å². The first-order chi connectivity index (χ1) is 11.2. The van der Waals surface area contributed by atoms with Crippen molar-refractivity contribution in [3.63, 3.8) is 0 Å². The highest BCUT2D eigenvalue weighted by Crippen LogP contribution is 2.14. The van der Waals surface area contributed by atoms with Gasteiger partial charge >= 0.3 is 6.03 Å². The van der Waals surface area contributed by atoms with Crippen LogP contribution in [0.5, 0.6) is 0 Å². The normalized spacial score (nSPS) is 15.2. The summed E-state index contributed by atoms with van der Waals surface area (Å²) in [5, 5.41) is 15.3. The summed E-state index contributed by atoms with van der Waals surface area (Å²) in [6.07, 6.45) is 2.89. The maximum atomic E-state index is 12.3. The van der Waals surface area contributed by atoms with Gasteiger partial charge in [0.1, 0.15) is 0 Å². The van der Waals surface area contributed by atoms with Crippen molar-refractivity contribution < 1.29 is 9.59 Å². The molecule has 0 radical (unpaired) electrons. The van der Waals surface area contributed by atoms with Gasteiger partial charge in [0, 0.05) is 24.7 Å². The third kappa shape index (κ3) is 3.85. The molecule has 1 aromatic carbocycles. The highest BCUT2D eigenvalue weighted by atomic mass is 16.2. The number of benzene rings is 1. The lowest BCUT2D eigenvalue weighted by molar-refractivity contribution is 0.0709. The second kappa shape index (κ2) is 6.91. The summed E-state index contributed by atoms with van der Waals surface area (Å²) in [7, 11) is 0. The van der Waals surface area contributed by atoms with Crippen LogP contribution in [0.4, 0.5) is 10.6 Å². The highest BCUT2D eigenvalue weighted by Gasteiger charge is 2.24. The molecule has 8 nitrogen and oxygen atoms in total. The number of likely N-dealkylation sites (tertiary alicyclic amines) is 1. The zero-order chi connectivity index (χ0) is 16.1. The van der Waals surface area contributed by atoms with Crippen LogP contribution in [-0.4, -0.2) is 51.4 Å². The fourth-order valence-electron chi connectivity index (χ4n) is 2.59. The van der Waals surface area contributed by atoms with Crippen molar-refractivity contribution in [3.05, 3.63) is 42.1 Å². The number of aromatic nitrogens is 3. The zero-order valence-electron chi connectivity index (χ0n) is 12.5. The number of carbonyl (C=O) groups is 2. The summed E-state index contributed by atoms with van der Waals surface area (Å²) in [5.74, 6) is 0.412. The van der Waals surface area contributed by atoms with Gasteiger partial charge in [0.25, 0.3) is 5.91 Å². The first-order valence-electron chi connectivity index (χ1n) is 7.50. The van der Waals surface area contributed by atoms with Crippen LogP contribution in [0.2, 0.25) is 0 Å². The zero-order valence-corrected chi connectivity index (χ0v) is 12.5. The average molecular weight is 314 g/mol. The van der Waals surface area contributed by atoms with Crippen LogP contribution in [0.15, 0.2) is 36.5 Å². The van der Waals surface area contributed by atoms with E-state index in [1.54, 1.807) is 0 Å². The van der Waals surface area contributed by atoms with Crippen molar-refractivity contribution in [3.8, 4) is 0 Å². The first-order valence-corrected chi connectivity index (χ1v) is 7.50. The minimum absolute atomic E-state index is 0.0381. The Morgan fingerprint density at radius 2 is 1.91 bits per heavy atom. The smallest absolute Gasteiger partial charge is 0.320 e. The number of rotatable bonds is 3. The molecule has 0 unspecified atom stereocenters. The molecule has 0 saturated carbocycles. The Morgan fingerprint density at radius 3 is 2.57 bits per heavy atom. The van der Waals surface area contributed by atoms with E-state index in [0.717, 1.165) is 12.8 Å². The Hall–Kier alpha value is -2.90. The van der Waals surface area contributed by atoms with Crippen molar-refractivity contribution in [2.45, 2.75) is 18.9 Å². The van der Waals surface area contributed by atoms with Gasteiger partial charge in [0.05, 0.1) is 6.20 Å². The molecule has 2 heterocycles. The summed E-state index contributed by atoms with van der Waals surface area (Å²) in [4.78, 5) is 26.0. The molecular formula is C15H18N6O2. The fourth-order valence-corrected chi connectivity index (χ4v) is 2.59. The number of aromatic amines is 1. The lowest BCUT2D eigenvalue weighted by Crippen LogP contribution is -2.47. The van der Waals surface area contributed by atoms with E-state index in [4.69, 9.17) is 0 Å². The second-order valence-corrected chi connectivity index (χ2v) is 5.39. The number of nitrogens with one attached hydrogen (secondary N) is 3. The molecular weight excluding hydrogens is 296 g/mol. The van der Waals surface area contributed by atoms with E-state index >= 15 is 0 Å². The van der Waals surface area contributed by atoms with Gasteiger partial charge in [0.15, 0.2) is 5.82 Å². The SMILES string of the molecule is O=C(Nc1cn[nH]n1)NC1CCN(C(=O)c2ccccc2)CC1. The van der Waals surface area contributed by atoms with E-state index in [-0.39, 0.29) is 18.0 Å². The quantitative estimate of drug-likeness (QED) is 0.792. The summed E-state index contributed by atoms with van der Waals surface area (Å²) < 4.78 is 0. The topological polar surface area (TPSA) is 103 Å². The van der Waals surface area contributed by atoms with E-state index in [2.05, 4.69) is 26.0 Å². The Labute approximate surface area is 133 Å². The van der Waals surface area contributed by atoms with Gasteiger partial charge in [-0.15, -0.1) is 5.10 Å². The first kappa shape index (κ1) is 15.0. The molecule has 120 valence electrons. The number of hydrogen-bond acceptors (Lipinski definition) is 4. The lowest BCUT2D eigenvalue weighted by atomic mass is 10.0. The minimum atomic E-state index is -0.313. The number of amides is 3. The van der Waals surface area contributed by atoms with E-state index in [9.17, 15) is 9.59 Å². The number of urea groups is 1. The van der Waals surface area contributed by atoms with Crippen LogP contribution >= 0.6 is 0 Å². The number of anilines is 1. The standard InChI is InChI=1S/C15H18N6O2/c22-14(11-4-2-1-3-5-11)21-8-6-12(7-9-21)17-15(23)18-13-10-16-20-19-13/h1-5,10,12H,6-9H2,(H3,16,17,18,19,20,23). The molecule has 1 aromatic heterocycles. The molecule has 0 spiro atoms. The minimum Gasteiger partial charge on any atom is -0.338 e. The Balaban J connectivity index is 1.47. The molecule has 1 fully saturated rings. The monoisotopic (exact) mass is 314 g/mol. The molecule has 1 aliphatic heterocycles. The van der Waals surface area contributed by atoms with Gasteiger partial charge in [-0.25, -0.2) is 4.79 Å². The third-order valence-corrected chi connectivity index (χ3v) is 3.79.